The molecular weight excluding hydrogens is 289 g/mol. The lowest BCUT2D eigenvalue weighted by atomic mass is 9.96. The Kier molecular flexibility index (Phi) is 5.04. The van der Waals surface area contributed by atoms with Gasteiger partial charge in [0.15, 0.2) is 0 Å². The number of thiol groups is 1. The van der Waals surface area contributed by atoms with Gasteiger partial charge >= 0.3 is 0 Å². The quantitative estimate of drug-likeness (QED) is 0.615. The molecule has 20 heavy (non-hydrogen) atoms. The van der Waals surface area contributed by atoms with Gasteiger partial charge in [-0.1, -0.05) is 19.9 Å². The van der Waals surface area contributed by atoms with Crippen LogP contribution in [0.15, 0.2) is 12.1 Å². The fourth-order valence-electron chi connectivity index (χ4n) is 2.12. The normalized spacial score (nSPS) is 16.2. The van der Waals surface area contributed by atoms with E-state index >= 15 is 0 Å². The maximum atomic E-state index is 13.9. The molecule has 0 atom stereocenters. The van der Waals surface area contributed by atoms with E-state index in [1.807, 2.05) is 31.7 Å². The van der Waals surface area contributed by atoms with Crippen molar-refractivity contribution in [1.29, 1.82) is 5.26 Å². The van der Waals surface area contributed by atoms with E-state index in [9.17, 15) is 4.39 Å². The number of rotatable bonds is 6. The van der Waals surface area contributed by atoms with Crippen molar-refractivity contribution < 1.29 is 4.39 Å². The third-order valence-corrected chi connectivity index (χ3v) is 5.75. The number of hydrogen-bond donors (Lipinski definition) is 1. The summed E-state index contributed by atoms with van der Waals surface area (Å²) in [7, 11) is 0. The van der Waals surface area contributed by atoms with Gasteiger partial charge in [0, 0.05) is 10.5 Å². The maximum Gasteiger partial charge on any atom is 0.127 e. The molecule has 0 unspecified atom stereocenters. The molecule has 4 heteroatoms. The minimum absolute atomic E-state index is 0.140. The van der Waals surface area contributed by atoms with Crippen LogP contribution in [0.2, 0.25) is 0 Å². The number of aryl methyl sites for hydroxylation is 1. The zero-order valence-corrected chi connectivity index (χ0v) is 13.7. The summed E-state index contributed by atoms with van der Waals surface area (Å²) in [6.07, 6.45) is 3.23. The van der Waals surface area contributed by atoms with Gasteiger partial charge in [-0.3, -0.25) is 0 Å². The summed E-state index contributed by atoms with van der Waals surface area (Å²) in [5.41, 5.74) is 2.14. The van der Waals surface area contributed by atoms with Crippen LogP contribution in [0.4, 0.5) is 4.39 Å². The first kappa shape index (κ1) is 15.7. The second kappa shape index (κ2) is 6.41. The molecule has 1 aromatic rings. The lowest BCUT2D eigenvalue weighted by molar-refractivity contribution is 0.596. The van der Waals surface area contributed by atoms with Gasteiger partial charge < -0.3 is 0 Å². The van der Waals surface area contributed by atoms with Crippen molar-refractivity contribution in [3.8, 4) is 6.07 Å². The molecule has 1 aliphatic rings. The number of nitriles is 1. The van der Waals surface area contributed by atoms with Crippen LogP contribution in [-0.4, -0.2) is 16.3 Å². The zero-order valence-electron chi connectivity index (χ0n) is 11.9. The van der Waals surface area contributed by atoms with Gasteiger partial charge in [0.1, 0.15) is 5.82 Å². The van der Waals surface area contributed by atoms with Crippen molar-refractivity contribution in [1.82, 2.24) is 0 Å². The van der Waals surface area contributed by atoms with Crippen molar-refractivity contribution in [3.63, 3.8) is 0 Å². The first-order chi connectivity index (χ1) is 9.45. The summed E-state index contributed by atoms with van der Waals surface area (Å²) in [6, 6.07) is 5.36. The van der Waals surface area contributed by atoms with E-state index in [-0.39, 0.29) is 16.5 Å². The molecular formula is C16H20FNS2. The Morgan fingerprint density at radius 2 is 2.15 bits per heavy atom. The SMILES string of the molecule is CC(C)c1cc(CCSCC2(S)CC2)c(C#N)cc1F. The Balaban J connectivity index is 2.01. The van der Waals surface area contributed by atoms with Gasteiger partial charge in [0.25, 0.3) is 0 Å². The molecule has 0 aliphatic heterocycles. The molecule has 0 spiro atoms. The van der Waals surface area contributed by atoms with Gasteiger partial charge in [0.2, 0.25) is 0 Å². The van der Waals surface area contributed by atoms with Gasteiger partial charge in [-0.05, 0) is 48.1 Å². The van der Waals surface area contributed by atoms with Gasteiger partial charge in [-0.2, -0.15) is 29.7 Å². The third-order valence-electron chi connectivity index (χ3n) is 3.68. The molecule has 0 heterocycles. The standard InChI is InChI=1S/C16H20FNS2/c1-11(2)14-7-12(13(9-18)8-15(14)17)3-6-20-10-16(19)4-5-16/h7-8,11,19H,3-6,10H2,1-2H3. The molecule has 0 aromatic heterocycles. The van der Waals surface area contributed by atoms with Crippen molar-refractivity contribution in [2.45, 2.75) is 43.8 Å². The lowest BCUT2D eigenvalue weighted by Crippen LogP contribution is -2.04. The second-order valence-electron chi connectivity index (χ2n) is 5.82. The summed E-state index contributed by atoms with van der Waals surface area (Å²) in [6.45, 7) is 3.95. The van der Waals surface area contributed by atoms with Crippen LogP contribution < -0.4 is 0 Å². The van der Waals surface area contributed by atoms with E-state index in [1.54, 1.807) is 0 Å². The Bertz CT molecular complexity index is 530. The topological polar surface area (TPSA) is 23.8 Å². The van der Waals surface area contributed by atoms with Gasteiger partial charge in [0.05, 0.1) is 11.6 Å². The average molecular weight is 309 g/mol. The largest absolute Gasteiger partial charge is 0.207 e. The summed E-state index contributed by atoms with van der Waals surface area (Å²) in [5, 5.41) is 9.13. The predicted molar refractivity (Wildman–Crippen MR) is 87.2 cm³/mol. The first-order valence-corrected chi connectivity index (χ1v) is 8.58. The molecule has 1 aliphatic carbocycles. The highest BCUT2D eigenvalue weighted by molar-refractivity contribution is 8.00. The summed E-state index contributed by atoms with van der Waals surface area (Å²) in [5.74, 6) is 1.90. The predicted octanol–water partition coefficient (Wildman–Crippen LogP) is 4.56. The van der Waals surface area contributed by atoms with Crippen LogP contribution in [-0.2, 0) is 6.42 Å². The molecule has 0 radical (unpaired) electrons. The van der Waals surface area contributed by atoms with Crippen LogP contribution in [0.3, 0.4) is 0 Å². The number of halogens is 1. The summed E-state index contributed by atoms with van der Waals surface area (Å²) >= 11 is 6.47. The molecule has 0 saturated heterocycles. The molecule has 2 rings (SSSR count). The summed E-state index contributed by atoms with van der Waals surface area (Å²) < 4.78 is 14.1. The number of thioether (sulfide) groups is 1. The van der Waals surface area contributed by atoms with E-state index in [2.05, 4.69) is 18.7 Å². The molecule has 1 saturated carbocycles. The second-order valence-corrected chi connectivity index (χ2v) is 7.88. The van der Waals surface area contributed by atoms with E-state index in [0.29, 0.717) is 11.1 Å². The van der Waals surface area contributed by atoms with Crippen LogP contribution in [0.1, 0.15) is 49.3 Å². The van der Waals surface area contributed by atoms with Crippen LogP contribution in [0.25, 0.3) is 0 Å². The Hall–Kier alpha value is -0.660. The van der Waals surface area contributed by atoms with Crippen LogP contribution in [0, 0.1) is 17.1 Å². The van der Waals surface area contributed by atoms with Crippen molar-refractivity contribution in [2.75, 3.05) is 11.5 Å². The molecule has 1 fully saturated rings. The number of nitrogens with zero attached hydrogens (tertiary/aromatic N) is 1. The van der Waals surface area contributed by atoms with Gasteiger partial charge in [-0.15, -0.1) is 0 Å². The molecule has 1 aromatic carbocycles. The van der Waals surface area contributed by atoms with E-state index < -0.39 is 0 Å². The fraction of sp³-hybridized carbons (Fsp3) is 0.562. The Morgan fingerprint density at radius 1 is 1.45 bits per heavy atom. The van der Waals surface area contributed by atoms with Crippen LogP contribution in [0.5, 0.6) is 0 Å². The highest BCUT2D eigenvalue weighted by Crippen LogP contribution is 2.44. The highest BCUT2D eigenvalue weighted by atomic mass is 32.2. The fourth-order valence-corrected chi connectivity index (χ4v) is 3.69. The van der Waals surface area contributed by atoms with Crippen LogP contribution >= 0.6 is 24.4 Å². The molecule has 1 nitrogen and oxygen atoms in total. The molecule has 0 amide bonds. The number of benzene rings is 1. The van der Waals surface area contributed by atoms with Gasteiger partial charge in [-0.25, -0.2) is 4.39 Å². The van der Waals surface area contributed by atoms with E-state index in [1.165, 1.54) is 18.9 Å². The highest BCUT2D eigenvalue weighted by Gasteiger charge is 2.38. The number of hydrogen-bond acceptors (Lipinski definition) is 3. The average Bonchev–Trinajstić information content (AvgIpc) is 3.13. The molecule has 0 N–H and O–H groups in total. The maximum absolute atomic E-state index is 13.9. The van der Waals surface area contributed by atoms with E-state index in [0.717, 1.165) is 23.5 Å². The molecule has 108 valence electrons. The minimum atomic E-state index is -0.264. The Morgan fingerprint density at radius 3 is 2.70 bits per heavy atom. The van der Waals surface area contributed by atoms with Crippen molar-refractivity contribution in [2.24, 2.45) is 0 Å². The lowest BCUT2D eigenvalue weighted by Gasteiger charge is -2.12. The first-order valence-electron chi connectivity index (χ1n) is 6.98. The monoisotopic (exact) mass is 309 g/mol. The smallest absolute Gasteiger partial charge is 0.127 e. The zero-order chi connectivity index (χ0) is 14.8. The molecule has 0 bridgehead atoms. The minimum Gasteiger partial charge on any atom is -0.207 e. The third kappa shape index (κ3) is 3.93. The van der Waals surface area contributed by atoms with Crippen molar-refractivity contribution in [3.05, 3.63) is 34.6 Å². The van der Waals surface area contributed by atoms with Crippen molar-refractivity contribution >= 4 is 24.4 Å². The van der Waals surface area contributed by atoms with E-state index in [4.69, 9.17) is 5.26 Å². The Labute approximate surface area is 130 Å². The summed E-state index contributed by atoms with van der Waals surface area (Å²) in [4.78, 5) is 0.